The molecule has 1 atom stereocenters. The topological polar surface area (TPSA) is 36.4 Å². The van der Waals surface area contributed by atoms with Crippen molar-refractivity contribution in [2.45, 2.75) is 32.4 Å². The van der Waals surface area contributed by atoms with E-state index in [9.17, 15) is 4.79 Å². The lowest BCUT2D eigenvalue weighted by Crippen LogP contribution is -2.41. The van der Waals surface area contributed by atoms with Crippen LogP contribution in [0.2, 0.25) is 0 Å². The molecule has 0 spiro atoms. The predicted molar refractivity (Wildman–Crippen MR) is 111 cm³/mol. The first-order chi connectivity index (χ1) is 13.7. The highest BCUT2D eigenvalue weighted by molar-refractivity contribution is 6.05. The van der Waals surface area contributed by atoms with E-state index in [4.69, 9.17) is 0 Å². The van der Waals surface area contributed by atoms with Crippen LogP contribution in [-0.4, -0.2) is 46.4 Å². The third-order valence-corrected chi connectivity index (χ3v) is 6.22. The second kappa shape index (κ2) is 7.02. The van der Waals surface area contributed by atoms with E-state index < -0.39 is 0 Å². The molecule has 2 aliphatic heterocycles. The van der Waals surface area contributed by atoms with Crippen molar-refractivity contribution in [3.05, 3.63) is 77.0 Å². The summed E-state index contributed by atoms with van der Waals surface area (Å²) in [6, 6.07) is 19.1. The van der Waals surface area contributed by atoms with Crippen LogP contribution in [0.15, 0.2) is 54.6 Å². The first-order valence-electron chi connectivity index (χ1n) is 10.2. The zero-order chi connectivity index (χ0) is 19.1. The quantitative estimate of drug-likeness (QED) is 0.687. The van der Waals surface area contributed by atoms with E-state index in [-0.39, 0.29) is 5.91 Å². The second-order valence-electron chi connectivity index (χ2n) is 8.01. The molecule has 0 bridgehead atoms. The van der Waals surface area contributed by atoms with Crippen LogP contribution in [0.3, 0.4) is 0 Å². The van der Waals surface area contributed by atoms with Gasteiger partial charge in [-0.15, -0.1) is 0 Å². The van der Waals surface area contributed by atoms with Gasteiger partial charge in [0.05, 0.1) is 11.1 Å². The lowest BCUT2D eigenvalue weighted by atomic mass is 9.98. The van der Waals surface area contributed by atoms with Crippen LogP contribution in [0.5, 0.6) is 0 Å². The third-order valence-electron chi connectivity index (χ3n) is 6.22. The van der Waals surface area contributed by atoms with Gasteiger partial charge in [-0.05, 0) is 43.0 Å². The summed E-state index contributed by atoms with van der Waals surface area (Å²) in [6.07, 6.45) is 2.15. The molecule has 4 nitrogen and oxygen atoms in total. The highest BCUT2D eigenvalue weighted by Gasteiger charge is 2.32. The minimum absolute atomic E-state index is 0.114. The van der Waals surface area contributed by atoms with E-state index in [1.165, 1.54) is 11.1 Å². The summed E-state index contributed by atoms with van der Waals surface area (Å²) < 4.78 is 0. The smallest absolute Gasteiger partial charge is 0.256 e. The van der Waals surface area contributed by atoms with Crippen molar-refractivity contribution < 1.29 is 4.79 Å². The number of pyridine rings is 1. The molecule has 1 saturated heterocycles. The van der Waals surface area contributed by atoms with Crippen LogP contribution in [0.25, 0.3) is 10.9 Å². The number of nitrogens with zero attached hydrogens (tertiary/aromatic N) is 3. The van der Waals surface area contributed by atoms with Gasteiger partial charge in [-0.1, -0.05) is 42.5 Å². The Bertz CT molecular complexity index is 1040. The predicted octanol–water partition coefficient (Wildman–Crippen LogP) is 3.82. The Labute approximate surface area is 165 Å². The molecule has 0 radical (unpaired) electrons. The van der Waals surface area contributed by atoms with Crippen LogP contribution in [-0.2, 0) is 13.0 Å². The Morgan fingerprint density at radius 1 is 1.00 bits per heavy atom. The molecule has 0 N–H and O–H groups in total. The van der Waals surface area contributed by atoms with Gasteiger partial charge in [-0.3, -0.25) is 14.7 Å². The average Bonchev–Trinajstić information content (AvgIpc) is 3.23. The Balaban J connectivity index is 1.34. The molecule has 1 aromatic heterocycles. The molecule has 28 heavy (non-hydrogen) atoms. The van der Waals surface area contributed by atoms with E-state index in [2.05, 4.69) is 34.1 Å². The number of aromatic nitrogens is 1. The summed E-state index contributed by atoms with van der Waals surface area (Å²) in [4.78, 5) is 22.5. The number of amides is 1. The monoisotopic (exact) mass is 371 g/mol. The molecule has 4 heteroatoms. The number of hydrogen-bond acceptors (Lipinski definition) is 3. The Morgan fingerprint density at radius 2 is 1.86 bits per heavy atom. The van der Waals surface area contributed by atoms with Crippen molar-refractivity contribution in [1.82, 2.24) is 14.8 Å². The summed E-state index contributed by atoms with van der Waals surface area (Å²) in [5, 5.41) is 1.03. The van der Waals surface area contributed by atoms with Crippen molar-refractivity contribution in [2.75, 3.05) is 19.6 Å². The van der Waals surface area contributed by atoms with Crippen molar-refractivity contribution in [2.24, 2.45) is 0 Å². The van der Waals surface area contributed by atoms with Crippen LogP contribution >= 0.6 is 0 Å². The standard InChI is InChI=1S/C24H25N3O/c1-17-9-10-19-7-4-8-22(23(19)25-17)24(28)27-14-12-21(16-27)26-13-11-18-5-2-3-6-20(18)15-26/h2-10,21H,11-16H2,1H3. The Morgan fingerprint density at radius 3 is 2.75 bits per heavy atom. The molecular formula is C24H25N3O. The molecule has 2 aromatic carbocycles. The summed E-state index contributed by atoms with van der Waals surface area (Å²) >= 11 is 0. The molecule has 1 fully saturated rings. The number of benzene rings is 2. The average molecular weight is 371 g/mol. The fraction of sp³-hybridized carbons (Fsp3) is 0.333. The van der Waals surface area contributed by atoms with Crippen molar-refractivity contribution in [1.29, 1.82) is 0 Å². The fourth-order valence-corrected chi connectivity index (χ4v) is 4.64. The van der Waals surface area contributed by atoms with E-state index in [0.29, 0.717) is 6.04 Å². The van der Waals surface area contributed by atoms with Gasteiger partial charge in [0, 0.05) is 43.3 Å². The van der Waals surface area contributed by atoms with Crippen molar-refractivity contribution in [3.8, 4) is 0 Å². The SMILES string of the molecule is Cc1ccc2cccc(C(=O)N3CCC(N4CCc5ccccc5C4)C3)c2n1. The molecule has 0 saturated carbocycles. The minimum Gasteiger partial charge on any atom is -0.337 e. The van der Waals surface area contributed by atoms with Gasteiger partial charge in [-0.2, -0.15) is 0 Å². The number of rotatable bonds is 2. The zero-order valence-electron chi connectivity index (χ0n) is 16.3. The van der Waals surface area contributed by atoms with E-state index in [0.717, 1.165) is 61.2 Å². The number of carbonyl (C=O) groups is 1. The van der Waals surface area contributed by atoms with Gasteiger partial charge in [0.25, 0.3) is 5.91 Å². The summed E-state index contributed by atoms with van der Waals surface area (Å²) in [5.41, 5.74) is 5.40. The molecule has 3 heterocycles. The van der Waals surface area contributed by atoms with Gasteiger partial charge in [0.15, 0.2) is 0 Å². The molecule has 0 aliphatic carbocycles. The van der Waals surface area contributed by atoms with Crippen LogP contribution < -0.4 is 0 Å². The summed E-state index contributed by atoms with van der Waals surface area (Å²) in [7, 11) is 0. The Hall–Kier alpha value is -2.72. The van der Waals surface area contributed by atoms with Gasteiger partial charge in [0.2, 0.25) is 0 Å². The maximum Gasteiger partial charge on any atom is 0.256 e. The van der Waals surface area contributed by atoms with Crippen molar-refractivity contribution >= 4 is 16.8 Å². The zero-order valence-corrected chi connectivity index (χ0v) is 16.3. The van der Waals surface area contributed by atoms with Gasteiger partial charge in [-0.25, -0.2) is 0 Å². The van der Waals surface area contributed by atoms with Gasteiger partial charge < -0.3 is 4.90 Å². The number of para-hydroxylation sites is 1. The largest absolute Gasteiger partial charge is 0.337 e. The molecule has 2 aliphatic rings. The molecular weight excluding hydrogens is 346 g/mol. The number of aryl methyl sites for hydroxylation is 1. The Kier molecular flexibility index (Phi) is 4.36. The van der Waals surface area contributed by atoms with Crippen LogP contribution in [0, 0.1) is 6.92 Å². The molecule has 1 unspecified atom stereocenters. The highest BCUT2D eigenvalue weighted by atomic mass is 16.2. The lowest BCUT2D eigenvalue weighted by molar-refractivity contribution is 0.0775. The maximum absolute atomic E-state index is 13.3. The summed E-state index contributed by atoms with van der Waals surface area (Å²) in [6.45, 7) is 5.68. The normalized spacial score (nSPS) is 19.8. The second-order valence-corrected chi connectivity index (χ2v) is 8.01. The lowest BCUT2D eigenvalue weighted by Gasteiger charge is -2.33. The molecule has 3 aromatic rings. The molecule has 142 valence electrons. The maximum atomic E-state index is 13.3. The van der Waals surface area contributed by atoms with E-state index in [1.54, 1.807) is 0 Å². The van der Waals surface area contributed by atoms with Gasteiger partial charge in [0.1, 0.15) is 0 Å². The first-order valence-corrected chi connectivity index (χ1v) is 10.2. The number of hydrogen-bond donors (Lipinski definition) is 0. The molecule has 5 rings (SSSR count). The third kappa shape index (κ3) is 3.08. The highest BCUT2D eigenvalue weighted by Crippen LogP contribution is 2.26. The number of carbonyl (C=O) groups excluding carboxylic acids is 1. The van der Waals surface area contributed by atoms with E-state index in [1.807, 2.05) is 42.2 Å². The number of fused-ring (bicyclic) bond motifs is 2. The molecule has 1 amide bonds. The first kappa shape index (κ1) is 17.4. The van der Waals surface area contributed by atoms with Crippen LogP contribution in [0.4, 0.5) is 0 Å². The van der Waals surface area contributed by atoms with Crippen LogP contribution in [0.1, 0.15) is 33.6 Å². The van der Waals surface area contributed by atoms with E-state index >= 15 is 0 Å². The summed E-state index contributed by atoms with van der Waals surface area (Å²) in [5.74, 6) is 0.114. The van der Waals surface area contributed by atoms with Crippen molar-refractivity contribution in [3.63, 3.8) is 0 Å². The minimum atomic E-state index is 0.114. The number of likely N-dealkylation sites (tertiary alicyclic amines) is 1. The van der Waals surface area contributed by atoms with Gasteiger partial charge >= 0.3 is 0 Å². The fourth-order valence-electron chi connectivity index (χ4n) is 4.64.